The highest BCUT2D eigenvalue weighted by Crippen LogP contribution is 2.21. The summed E-state index contributed by atoms with van der Waals surface area (Å²) in [4.78, 5) is 9.25. The van der Waals surface area contributed by atoms with Crippen LogP contribution in [0.1, 0.15) is 0 Å². The maximum atomic E-state index is 9.25. The number of carboxylic acids is 1. The molecule has 0 fully saturated rings. The van der Waals surface area contributed by atoms with Crippen LogP contribution in [0.15, 0.2) is 30.9 Å². The van der Waals surface area contributed by atoms with Crippen LogP contribution >= 0.6 is 34.8 Å². The largest absolute Gasteiger partial charge is 0.478 e. The number of hydrogen-bond acceptors (Lipinski definition) is 1. The number of aliphatic carboxylic acids is 1. The molecule has 0 aliphatic rings. The SMILES string of the molecule is C=CC(=O)O.Clc1cc(Cl)cc(Cl)c1. The van der Waals surface area contributed by atoms with Gasteiger partial charge in [0.25, 0.3) is 0 Å². The Morgan fingerprint density at radius 2 is 1.36 bits per heavy atom. The van der Waals surface area contributed by atoms with E-state index in [0.717, 1.165) is 6.08 Å². The van der Waals surface area contributed by atoms with E-state index in [2.05, 4.69) is 6.58 Å². The van der Waals surface area contributed by atoms with Crippen molar-refractivity contribution in [3.05, 3.63) is 45.9 Å². The number of benzene rings is 1. The van der Waals surface area contributed by atoms with Crippen LogP contribution in [0.4, 0.5) is 0 Å². The Bertz CT molecular complexity index is 286. The molecule has 1 aromatic rings. The minimum atomic E-state index is -0.981. The first-order valence-electron chi connectivity index (χ1n) is 3.42. The Labute approximate surface area is 96.7 Å². The Kier molecular flexibility index (Phi) is 6.37. The zero-order chi connectivity index (χ0) is 11.1. The summed E-state index contributed by atoms with van der Waals surface area (Å²) in [5.74, 6) is -0.981. The van der Waals surface area contributed by atoms with Crippen LogP contribution in [0.5, 0.6) is 0 Å². The molecule has 0 unspecified atom stereocenters. The third-order valence-corrected chi connectivity index (χ3v) is 1.66. The van der Waals surface area contributed by atoms with E-state index in [9.17, 15) is 4.79 Å². The zero-order valence-electron chi connectivity index (χ0n) is 7.01. The molecule has 1 N–H and O–H groups in total. The second-order valence-electron chi connectivity index (χ2n) is 2.13. The maximum Gasteiger partial charge on any atom is 0.327 e. The molecule has 2 nitrogen and oxygen atoms in total. The van der Waals surface area contributed by atoms with Crippen LogP contribution in [-0.2, 0) is 4.79 Å². The Balaban J connectivity index is 0.000000292. The molecular formula is C9H7Cl3O2. The van der Waals surface area contributed by atoms with Gasteiger partial charge in [-0.05, 0) is 18.2 Å². The van der Waals surface area contributed by atoms with Gasteiger partial charge >= 0.3 is 5.97 Å². The van der Waals surface area contributed by atoms with Crippen molar-refractivity contribution in [1.29, 1.82) is 0 Å². The van der Waals surface area contributed by atoms with Crippen LogP contribution < -0.4 is 0 Å². The summed E-state index contributed by atoms with van der Waals surface area (Å²) in [6.07, 6.45) is 0.833. The highest BCUT2D eigenvalue weighted by Gasteiger charge is 1.92. The minimum Gasteiger partial charge on any atom is -0.478 e. The monoisotopic (exact) mass is 252 g/mol. The topological polar surface area (TPSA) is 37.3 Å². The second kappa shape index (κ2) is 6.71. The lowest BCUT2D eigenvalue weighted by Crippen LogP contribution is -1.82. The van der Waals surface area contributed by atoms with E-state index >= 15 is 0 Å². The van der Waals surface area contributed by atoms with Crippen molar-refractivity contribution in [2.24, 2.45) is 0 Å². The van der Waals surface area contributed by atoms with Gasteiger partial charge in [0.2, 0.25) is 0 Å². The summed E-state index contributed by atoms with van der Waals surface area (Å²) in [6.45, 7) is 2.96. The molecular weight excluding hydrogens is 246 g/mol. The number of carboxylic acid groups (broad SMARTS) is 1. The molecule has 0 aromatic heterocycles. The van der Waals surface area contributed by atoms with Crippen molar-refractivity contribution in [3.8, 4) is 0 Å². The van der Waals surface area contributed by atoms with Crippen LogP contribution in [-0.4, -0.2) is 11.1 Å². The van der Waals surface area contributed by atoms with Crippen molar-refractivity contribution >= 4 is 40.8 Å². The summed E-state index contributed by atoms with van der Waals surface area (Å²) in [5, 5.41) is 9.29. The minimum absolute atomic E-state index is 0.563. The molecule has 0 radical (unpaired) electrons. The third-order valence-electron chi connectivity index (χ3n) is 1.00. The highest BCUT2D eigenvalue weighted by atomic mass is 35.5. The van der Waals surface area contributed by atoms with Gasteiger partial charge in [-0.15, -0.1) is 0 Å². The fourth-order valence-corrected chi connectivity index (χ4v) is 1.39. The molecule has 0 amide bonds. The van der Waals surface area contributed by atoms with E-state index < -0.39 is 5.97 Å². The summed E-state index contributed by atoms with van der Waals surface area (Å²) < 4.78 is 0. The van der Waals surface area contributed by atoms with E-state index in [1.54, 1.807) is 18.2 Å². The van der Waals surface area contributed by atoms with Crippen molar-refractivity contribution in [2.45, 2.75) is 0 Å². The second-order valence-corrected chi connectivity index (χ2v) is 3.44. The van der Waals surface area contributed by atoms with E-state index in [0.29, 0.717) is 15.1 Å². The van der Waals surface area contributed by atoms with E-state index in [1.807, 2.05) is 0 Å². The Hall–Kier alpha value is -0.700. The van der Waals surface area contributed by atoms with E-state index in [4.69, 9.17) is 39.9 Å². The number of hydrogen-bond donors (Lipinski definition) is 1. The van der Waals surface area contributed by atoms with Crippen molar-refractivity contribution < 1.29 is 9.90 Å². The standard InChI is InChI=1S/C6H3Cl3.C3H4O2/c7-4-1-5(8)3-6(9)2-4;1-2-3(4)5/h1-3H;2H,1H2,(H,4,5). The molecule has 0 aliphatic heterocycles. The predicted octanol–water partition coefficient (Wildman–Crippen LogP) is 3.90. The first-order chi connectivity index (χ1) is 6.45. The maximum absolute atomic E-state index is 9.25. The normalized spacial score (nSPS) is 8.50. The first-order valence-corrected chi connectivity index (χ1v) is 4.56. The number of rotatable bonds is 1. The molecule has 5 heteroatoms. The van der Waals surface area contributed by atoms with Crippen LogP contribution in [0.2, 0.25) is 15.1 Å². The lowest BCUT2D eigenvalue weighted by molar-refractivity contribution is -0.131. The van der Waals surface area contributed by atoms with E-state index in [1.165, 1.54) is 0 Å². The van der Waals surface area contributed by atoms with Crippen LogP contribution in [0, 0.1) is 0 Å². The van der Waals surface area contributed by atoms with Gasteiger partial charge in [-0.2, -0.15) is 0 Å². The third kappa shape index (κ3) is 6.78. The predicted molar refractivity (Wildman–Crippen MR) is 59.3 cm³/mol. The van der Waals surface area contributed by atoms with Crippen molar-refractivity contribution in [3.63, 3.8) is 0 Å². The van der Waals surface area contributed by atoms with Crippen molar-refractivity contribution in [2.75, 3.05) is 0 Å². The van der Waals surface area contributed by atoms with Crippen molar-refractivity contribution in [1.82, 2.24) is 0 Å². The summed E-state index contributed by atoms with van der Waals surface area (Å²) in [6, 6.07) is 4.90. The molecule has 1 aromatic carbocycles. The smallest absolute Gasteiger partial charge is 0.327 e. The highest BCUT2D eigenvalue weighted by molar-refractivity contribution is 6.38. The fraction of sp³-hybridized carbons (Fsp3) is 0. The molecule has 0 saturated heterocycles. The quantitative estimate of drug-likeness (QED) is 0.771. The van der Waals surface area contributed by atoms with Gasteiger partial charge in [-0.25, -0.2) is 4.79 Å². The average Bonchev–Trinajstić information content (AvgIpc) is 2.02. The molecule has 0 saturated carbocycles. The average molecular weight is 254 g/mol. The summed E-state index contributed by atoms with van der Waals surface area (Å²) >= 11 is 16.7. The zero-order valence-corrected chi connectivity index (χ0v) is 9.27. The molecule has 0 spiro atoms. The van der Waals surface area contributed by atoms with Gasteiger partial charge in [-0.1, -0.05) is 41.4 Å². The lowest BCUT2D eigenvalue weighted by atomic mass is 10.4. The van der Waals surface area contributed by atoms with E-state index in [-0.39, 0.29) is 0 Å². The molecule has 0 aliphatic carbocycles. The van der Waals surface area contributed by atoms with Gasteiger partial charge in [0.1, 0.15) is 0 Å². The molecule has 0 bridgehead atoms. The summed E-state index contributed by atoms with van der Waals surface area (Å²) in [7, 11) is 0. The van der Waals surface area contributed by atoms with Gasteiger partial charge in [0.05, 0.1) is 0 Å². The lowest BCUT2D eigenvalue weighted by Gasteiger charge is -1.91. The first kappa shape index (κ1) is 13.3. The molecule has 0 atom stereocenters. The molecule has 0 heterocycles. The number of halogens is 3. The van der Waals surface area contributed by atoms with Gasteiger partial charge < -0.3 is 5.11 Å². The van der Waals surface area contributed by atoms with Crippen LogP contribution in [0.25, 0.3) is 0 Å². The van der Waals surface area contributed by atoms with Gasteiger partial charge in [-0.3, -0.25) is 0 Å². The van der Waals surface area contributed by atoms with Crippen LogP contribution in [0.3, 0.4) is 0 Å². The fourth-order valence-electron chi connectivity index (χ4n) is 0.520. The van der Waals surface area contributed by atoms with Gasteiger partial charge in [0, 0.05) is 21.1 Å². The van der Waals surface area contributed by atoms with Gasteiger partial charge in [0.15, 0.2) is 0 Å². The molecule has 76 valence electrons. The molecule has 1 rings (SSSR count). The Morgan fingerprint density at radius 1 is 1.14 bits per heavy atom. The number of carbonyl (C=O) groups is 1. The summed E-state index contributed by atoms with van der Waals surface area (Å²) in [5.41, 5.74) is 0. The Morgan fingerprint density at radius 3 is 1.50 bits per heavy atom. The molecule has 14 heavy (non-hydrogen) atoms.